The van der Waals surface area contributed by atoms with Gasteiger partial charge in [0.25, 0.3) is 0 Å². The molecule has 7 heteroatoms. The molecule has 0 radical (unpaired) electrons. The van der Waals surface area contributed by atoms with Crippen molar-refractivity contribution in [1.29, 1.82) is 0 Å². The highest BCUT2D eigenvalue weighted by Crippen LogP contribution is 2.11. The molecule has 0 unspecified atom stereocenters. The molecule has 0 heterocycles. The maximum atomic E-state index is 11.4. The Morgan fingerprint density at radius 3 is 1.83 bits per heavy atom. The fourth-order valence-electron chi connectivity index (χ4n) is 0.839. The second-order valence-electron chi connectivity index (χ2n) is 3.29. The number of hydrogen-bond donors (Lipinski definition) is 0. The van der Waals surface area contributed by atoms with E-state index in [1.165, 1.54) is 19.1 Å². The second-order valence-corrected chi connectivity index (χ2v) is 4.67. The van der Waals surface area contributed by atoms with E-state index in [1.54, 1.807) is 12.1 Å². The second kappa shape index (κ2) is 7.17. The Hall–Kier alpha value is -1.34. The Labute approximate surface area is 104 Å². The third-order valence-corrected chi connectivity index (χ3v) is 2.67. The molecule has 18 heavy (non-hydrogen) atoms. The summed E-state index contributed by atoms with van der Waals surface area (Å²) >= 11 is 0. The standard InChI is InChI=1S/C7H8O3S.C4H5F3/c1-6-2-4-7(5-3-6)11(8,9)10;1-2-3(5)4(6)7/h2-5H,1H3,(H,8,9,10);2H2,1H3/p-1. The minimum atomic E-state index is -4.27. The fraction of sp³-hybridized carbons (Fsp3) is 0.273. The molecule has 1 aromatic rings. The lowest BCUT2D eigenvalue weighted by Crippen LogP contribution is -1.97. The summed E-state index contributed by atoms with van der Waals surface area (Å²) < 4.78 is 64.4. The van der Waals surface area contributed by atoms with Crippen molar-refractivity contribution in [2.75, 3.05) is 0 Å². The molecule has 3 nitrogen and oxygen atoms in total. The predicted octanol–water partition coefficient (Wildman–Crippen LogP) is 3.37. The summed E-state index contributed by atoms with van der Waals surface area (Å²) in [5, 5.41) is 0. The minimum Gasteiger partial charge on any atom is -0.744 e. The molecule has 0 fully saturated rings. The van der Waals surface area contributed by atoms with Gasteiger partial charge >= 0.3 is 6.08 Å². The number of halogens is 3. The molecule has 0 N–H and O–H groups in total. The van der Waals surface area contributed by atoms with Crippen LogP contribution in [0, 0.1) is 6.92 Å². The summed E-state index contributed by atoms with van der Waals surface area (Å²) in [6, 6.07) is 5.78. The van der Waals surface area contributed by atoms with Crippen LogP contribution in [0.4, 0.5) is 13.2 Å². The largest absolute Gasteiger partial charge is 0.744 e. The highest BCUT2D eigenvalue weighted by atomic mass is 32.2. The van der Waals surface area contributed by atoms with Crippen LogP contribution in [-0.2, 0) is 10.1 Å². The lowest BCUT2D eigenvalue weighted by molar-refractivity contribution is 0.373. The summed E-state index contributed by atoms with van der Waals surface area (Å²) in [6.07, 6.45) is -2.43. The van der Waals surface area contributed by atoms with E-state index in [9.17, 15) is 26.1 Å². The van der Waals surface area contributed by atoms with Crippen LogP contribution in [0.2, 0.25) is 0 Å². The van der Waals surface area contributed by atoms with Gasteiger partial charge in [0, 0.05) is 6.42 Å². The van der Waals surface area contributed by atoms with Gasteiger partial charge in [-0.25, -0.2) is 12.8 Å². The van der Waals surface area contributed by atoms with Crippen LogP contribution in [0.25, 0.3) is 0 Å². The zero-order valence-electron chi connectivity index (χ0n) is 9.78. The highest BCUT2D eigenvalue weighted by molar-refractivity contribution is 7.85. The molecule has 102 valence electrons. The van der Waals surface area contributed by atoms with E-state index in [1.807, 2.05) is 6.92 Å². The summed E-state index contributed by atoms with van der Waals surface area (Å²) in [6.45, 7) is 3.15. The van der Waals surface area contributed by atoms with Gasteiger partial charge in [0.2, 0.25) is 0 Å². The van der Waals surface area contributed by atoms with E-state index in [0.717, 1.165) is 5.56 Å². The minimum absolute atomic E-state index is 0.178. The molecule has 0 aliphatic carbocycles. The SMILES string of the molecule is CCC(F)=C(F)F.Cc1ccc(S(=O)(=O)[O-])cc1. The van der Waals surface area contributed by atoms with Gasteiger partial charge in [0.05, 0.1) is 4.90 Å². The van der Waals surface area contributed by atoms with Crippen molar-refractivity contribution < 1.29 is 26.1 Å². The third kappa shape index (κ3) is 6.41. The van der Waals surface area contributed by atoms with Crippen LogP contribution in [0.3, 0.4) is 0 Å². The van der Waals surface area contributed by atoms with E-state index in [-0.39, 0.29) is 11.3 Å². The number of benzene rings is 1. The lowest BCUT2D eigenvalue weighted by Gasteiger charge is -2.05. The van der Waals surface area contributed by atoms with Gasteiger partial charge in [0.1, 0.15) is 10.1 Å². The van der Waals surface area contributed by atoms with Crippen LogP contribution >= 0.6 is 0 Å². The van der Waals surface area contributed by atoms with Crippen LogP contribution < -0.4 is 0 Å². The van der Waals surface area contributed by atoms with Crippen LogP contribution in [-0.4, -0.2) is 13.0 Å². The topological polar surface area (TPSA) is 57.2 Å². The maximum absolute atomic E-state index is 11.4. The predicted molar refractivity (Wildman–Crippen MR) is 59.8 cm³/mol. The fourth-order valence-corrected chi connectivity index (χ4v) is 1.31. The number of hydrogen-bond acceptors (Lipinski definition) is 3. The monoisotopic (exact) mass is 281 g/mol. The first-order chi connectivity index (χ1) is 8.18. The first-order valence-electron chi connectivity index (χ1n) is 4.90. The summed E-state index contributed by atoms with van der Waals surface area (Å²) in [5.74, 6) is -1.32. The first kappa shape index (κ1) is 16.7. The third-order valence-electron chi connectivity index (χ3n) is 1.83. The summed E-state index contributed by atoms with van der Waals surface area (Å²) in [5.41, 5.74) is 0.928. The zero-order chi connectivity index (χ0) is 14.3. The quantitative estimate of drug-likeness (QED) is 0.781. The van der Waals surface area contributed by atoms with Gasteiger partial charge in [-0.1, -0.05) is 24.6 Å². The molecule has 1 rings (SSSR count). The lowest BCUT2D eigenvalue weighted by atomic mass is 10.2. The molecular weight excluding hydrogens is 269 g/mol. The molecular formula is C11H12F3O3S-. The van der Waals surface area contributed by atoms with Crippen molar-refractivity contribution in [2.24, 2.45) is 0 Å². The Bertz CT molecular complexity index is 503. The molecule has 0 aromatic heterocycles. The number of allylic oxidation sites excluding steroid dienone is 1. The molecule has 0 saturated heterocycles. The van der Waals surface area contributed by atoms with E-state index in [0.29, 0.717) is 0 Å². The van der Waals surface area contributed by atoms with Crippen molar-refractivity contribution in [3.8, 4) is 0 Å². The van der Waals surface area contributed by atoms with Gasteiger partial charge in [-0.3, -0.25) is 0 Å². The Morgan fingerprint density at radius 1 is 1.17 bits per heavy atom. The smallest absolute Gasteiger partial charge is 0.301 e. The van der Waals surface area contributed by atoms with Crippen molar-refractivity contribution in [1.82, 2.24) is 0 Å². The van der Waals surface area contributed by atoms with E-state index >= 15 is 0 Å². The van der Waals surface area contributed by atoms with Crippen LogP contribution in [0.1, 0.15) is 18.9 Å². The van der Waals surface area contributed by atoms with Crippen LogP contribution in [0.15, 0.2) is 41.1 Å². The average Bonchev–Trinajstić information content (AvgIpc) is 2.28. The van der Waals surface area contributed by atoms with Crippen molar-refractivity contribution in [3.63, 3.8) is 0 Å². The van der Waals surface area contributed by atoms with Gasteiger partial charge in [0.15, 0.2) is 5.83 Å². The number of rotatable bonds is 2. The Morgan fingerprint density at radius 2 is 1.61 bits per heavy atom. The van der Waals surface area contributed by atoms with Gasteiger partial charge < -0.3 is 4.55 Å². The van der Waals surface area contributed by atoms with E-state index < -0.39 is 22.0 Å². The van der Waals surface area contributed by atoms with Crippen LogP contribution in [0.5, 0.6) is 0 Å². The highest BCUT2D eigenvalue weighted by Gasteiger charge is 1.98. The van der Waals surface area contributed by atoms with Crippen molar-refractivity contribution in [3.05, 3.63) is 41.7 Å². The molecule has 0 atom stereocenters. The van der Waals surface area contributed by atoms with Crippen molar-refractivity contribution >= 4 is 10.1 Å². The summed E-state index contributed by atoms with van der Waals surface area (Å²) in [7, 11) is -4.27. The van der Waals surface area contributed by atoms with Crippen molar-refractivity contribution in [2.45, 2.75) is 25.2 Å². The average molecular weight is 281 g/mol. The van der Waals surface area contributed by atoms with E-state index in [2.05, 4.69) is 0 Å². The molecule has 1 aromatic carbocycles. The van der Waals surface area contributed by atoms with Gasteiger partial charge in [-0.05, 0) is 19.1 Å². The zero-order valence-corrected chi connectivity index (χ0v) is 10.6. The first-order valence-corrected chi connectivity index (χ1v) is 6.31. The maximum Gasteiger partial charge on any atom is 0.301 e. The molecule has 0 aliphatic heterocycles. The van der Waals surface area contributed by atoms with Gasteiger partial charge in [-0.15, -0.1) is 0 Å². The molecule has 0 amide bonds. The summed E-state index contributed by atoms with van der Waals surface area (Å²) in [4.78, 5) is -0.178. The molecule has 0 aliphatic rings. The van der Waals surface area contributed by atoms with E-state index in [4.69, 9.17) is 0 Å². The van der Waals surface area contributed by atoms with Gasteiger partial charge in [-0.2, -0.15) is 8.78 Å². The Balaban J connectivity index is 0.000000360. The normalized spacial score (nSPS) is 10.3. The molecule has 0 spiro atoms. The molecule has 0 saturated carbocycles. The molecule has 0 bridgehead atoms. The Kier molecular flexibility index (Phi) is 6.64. The number of aryl methyl sites for hydroxylation is 1.